The highest BCUT2D eigenvalue weighted by Crippen LogP contribution is 2.15. The minimum absolute atomic E-state index is 0.306. The molecule has 0 aliphatic heterocycles. The Bertz CT molecular complexity index is 534. The van der Waals surface area contributed by atoms with E-state index in [2.05, 4.69) is 10.3 Å². The number of rotatable bonds is 5. The Kier molecular flexibility index (Phi) is 3.84. The predicted octanol–water partition coefficient (Wildman–Crippen LogP) is -0.387. The normalized spacial score (nSPS) is 11.7. The highest BCUT2D eigenvalue weighted by atomic mass is 16.3. The zero-order chi connectivity index (χ0) is 13.9. The molecule has 0 atom stereocenters. The van der Waals surface area contributed by atoms with Crippen LogP contribution in [0.4, 0.5) is 0 Å². The molecule has 0 unspecified atom stereocenters. The third kappa shape index (κ3) is 2.60. The van der Waals surface area contributed by atoms with Crippen LogP contribution in [0.25, 0.3) is 10.9 Å². The molecule has 5 N–H and O–H groups in total. The third-order valence-electron chi connectivity index (χ3n) is 3.06. The molecular formula is C13H16N2O4. The van der Waals surface area contributed by atoms with Crippen molar-refractivity contribution >= 4 is 16.8 Å². The molecule has 0 fully saturated rings. The largest absolute Gasteiger partial charge is 0.394 e. The van der Waals surface area contributed by atoms with Gasteiger partial charge in [0.05, 0.1) is 19.8 Å². The Morgan fingerprint density at radius 3 is 2.37 bits per heavy atom. The number of aliphatic hydroxyl groups excluding tert-OH is 3. The van der Waals surface area contributed by atoms with Crippen molar-refractivity contribution in [3.8, 4) is 0 Å². The van der Waals surface area contributed by atoms with Gasteiger partial charge in [-0.25, -0.2) is 0 Å². The molecule has 19 heavy (non-hydrogen) atoms. The fourth-order valence-corrected chi connectivity index (χ4v) is 1.77. The molecule has 0 bridgehead atoms. The van der Waals surface area contributed by atoms with Gasteiger partial charge in [-0.15, -0.1) is 0 Å². The van der Waals surface area contributed by atoms with E-state index in [0.29, 0.717) is 5.69 Å². The maximum absolute atomic E-state index is 12.0. The van der Waals surface area contributed by atoms with Gasteiger partial charge in [-0.1, -0.05) is 18.2 Å². The van der Waals surface area contributed by atoms with Crippen molar-refractivity contribution in [3.05, 3.63) is 36.0 Å². The van der Waals surface area contributed by atoms with Crippen LogP contribution >= 0.6 is 0 Å². The molecule has 0 aliphatic carbocycles. The van der Waals surface area contributed by atoms with E-state index in [-0.39, 0.29) is 0 Å². The van der Waals surface area contributed by atoms with Crippen LogP contribution in [0.5, 0.6) is 0 Å². The van der Waals surface area contributed by atoms with E-state index in [1.807, 2.05) is 24.3 Å². The number of aliphatic hydroxyl groups is 3. The summed E-state index contributed by atoms with van der Waals surface area (Å²) < 4.78 is 0. The fraction of sp³-hybridized carbons (Fsp3) is 0.308. The number of carbonyl (C=O) groups is 1. The average Bonchev–Trinajstić information content (AvgIpc) is 2.89. The molecule has 0 aliphatic rings. The van der Waals surface area contributed by atoms with Crippen molar-refractivity contribution in [2.24, 2.45) is 0 Å². The lowest BCUT2D eigenvalue weighted by Crippen LogP contribution is -2.57. The van der Waals surface area contributed by atoms with Gasteiger partial charge in [0.25, 0.3) is 5.91 Å². The zero-order valence-electron chi connectivity index (χ0n) is 10.3. The number of H-pyrrole nitrogens is 1. The van der Waals surface area contributed by atoms with Crippen molar-refractivity contribution in [3.63, 3.8) is 0 Å². The molecule has 2 aromatic rings. The first-order chi connectivity index (χ1) is 9.14. The minimum atomic E-state index is -1.42. The van der Waals surface area contributed by atoms with E-state index in [4.69, 9.17) is 15.3 Å². The Morgan fingerprint density at radius 2 is 1.79 bits per heavy atom. The van der Waals surface area contributed by atoms with E-state index in [1.54, 1.807) is 6.07 Å². The summed E-state index contributed by atoms with van der Waals surface area (Å²) in [5.74, 6) is -0.492. The molecule has 1 aromatic heterocycles. The van der Waals surface area contributed by atoms with Crippen LogP contribution in [0.15, 0.2) is 30.3 Å². The van der Waals surface area contributed by atoms with Crippen molar-refractivity contribution in [1.82, 2.24) is 10.3 Å². The van der Waals surface area contributed by atoms with Crippen LogP contribution in [-0.4, -0.2) is 51.6 Å². The molecule has 1 amide bonds. The van der Waals surface area contributed by atoms with Gasteiger partial charge in [-0.05, 0) is 12.1 Å². The first-order valence-corrected chi connectivity index (χ1v) is 5.87. The highest BCUT2D eigenvalue weighted by molar-refractivity contribution is 5.98. The molecule has 102 valence electrons. The summed E-state index contributed by atoms with van der Waals surface area (Å²) in [5, 5.41) is 30.8. The van der Waals surface area contributed by atoms with Gasteiger partial charge in [-0.3, -0.25) is 4.79 Å². The minimum Gasteiger partial charge on any atom is -0.394 e. The van der Waals surface area contributed by atoms with Gasteiger partial charge < -0.3 is 25.6 Å². The van der Waals surface area contributed by atoms with E-state index < -0.39 is 31.3 Å². The quantitative estimate of drug-likeness (QED) is 0.507. The van der Waals surface area contributed by atoms with Gasteiger partial charge in [0.1, 0.15) is 11.2 Å². The summed E-state index contributed by atoms with van der Waals surface area (Å²) in [7, 11) is 0. The zero-order valence-corrected chi connectivity index (χ0v) is 10.3. The molecule has 6 nitrogen and oxygen atoms in total. The number of para-hydroxylation sites is 1. The van der Waals surface area contributed by atoms with Gasteiger partial charge in [-0.2, -0.15) is 0 Å². The summed E-state index contributed by atoms with van der Waals surface area (Å²) in [4.78, 5) is 15.0. The molecule has 0 saturated heterocycles. The number of nitrogens with one attached hydrogen (secondary N) is 2. The van der Waals surface area contributed by atoms with Crippen LogP contribution < -0.4 is 5.32 Å². The number of fused-ring (bicyclic) bond motifs is 1. The van der Waals surface area contributed by atoms with Crippen LogP contribution in [0.2, 0.25) is 0 Å². The Balaban J connectivity index is 2.24. The summed E-state index contributed by atoms with van der Waals surface area (Å²) in [6.07, 6.45) is 0. The lowest BCUT2D eigenvalue weighted by molar-refractivity contribution is 0.0373. The van der Waals surface area contributed by atoms with Crippen LogP contribution in [0.3, 0.4) is 0 Å². The topological polar surface area (TPSA) is 106 Å². The summed E-state index contributed by atoms with van der Waals surface area (Å²) in [5.41, 5.74) is -0.301. The molecule has 0 saturated carbocycles. The number of amides is 1. The molecular weight excluding hydrogens is 248 g/mol. The standard InChI is InChI=1S/C13H16N2O4/c16-6-13(7-17,8-18)15-12(19)11-5-9-3-1-2-4-10(9)14-11/h1-5,14,16-18H,6-8H2,(H,15,19). The second kappa shape index (κ2) is 5.40. The maximum atomic E-state index is 12.0. The molecule has 1 aromatic carbocycles. The van der Waals surface area contributed by atoms with E-state index in [9.17, 15) is 4.79 Å². The maximum Gasteiger partial charge on any atom is 0.268 e. The number of aromatic amines is 1. The van der Waals surface area contributed by atoms with Crippen LogP contribution in [0.1, 0.15) is 10.5 Å². The number of hydrogen-bond donors (Lipinski definition) is 5. The predicted molar refractivity (Wildman–Crippen MR) is 69.8 cm³/mol. The third-order valence-corrected chi connectivity index (χ3v) is 3.06. The van der Waals surface area contributed by atoms with Gasteiger partial charge in [0, 0.05) is 10.9 Å². The van der Waals surface area contributed by atoms with Gasteiger partial charge >= 0.3 is 0 Å². The molecule has 0 spiro atoms. The fourth-order valence-electron chi connectivity index (χ4n) is 1.77. The Morgan fingerprint density at radius 1 is 1.16 bits per heavy atom. The summed E-state index contributed by atoms with van der Waals surface area (Å²) in [6, 6.07) is 9.07. The monoisotopic (exact) mass is 264 g/mol. The SMILES string of the molecule is O=C(NC(CO)(CO)CO)c1cc2ccccc2[nH]1. The van der Waals surface area contributed by atoms with E-state index in [1.165, 1.54) is 0 Å². The first kappa shape index (κ1) is 13.5. The Hall–Kier alpha value is -1.89. The number of benzene rings is 1. The number of aromatic nitrogens is 1. The van der Waals surface area contributed by atoms with Gasteiger partial charge in [0.2, 0.25) is 0 Å². The lowest BCUT2D eigenvalue weighted by Gasteiger charge is -2.28. The van der Waals surface area contributed by atoms with Crippen molar-refractivity contribution in [1.29, 1.82) is 0 Å². The number of hydrogen-bond acceptors (Lipinski definition) is 4. The summed E-state index contributed by atoms with van der Waals surface area (Å²) >= 11 is 0. The summed E-state index contributed by atoms with van der Waals surface area (Å²) in [6.45, 7) is -1.65. The lowest BCUT2D eigenvalue weighted by atomic mass is 10.0. The average molecular weight is 264 g/mol. The smallest absolute Gasteiger partial charge is 0.268 e. The molecule has 1 heterocycles. The highest BCUT2D eigenvalue weighted by Gasteiger charge is 2.30. The second-order valence-corrected chi connectivity index (χ2v) is 4.48. The van der Waals surface area contributed by atoms with E-state index in [0.717, 1.165) is 10.9 Å². The second-order valence-electron chi connectivity index (χ2n) is 4.48. The first-order valence-electron chi connectivity index (χ1n) is 5.87. The van der Waals surface area contributed by atoms with Gasteiger partial charge in [0.15, 0.2) is 0 Å². The Labute approximate surface area is 109 Å². The van der Waals surface area contributed by atoms with Crippen LogP contribution in [-0.2, 0) is 0 Å². The van der Waals surface area contributed by atoms with Crippen LogP contribution in [0, 0.1) is 0 Å². The molecule has 0 radical (unpaired) electrons. The van der Waals surface area contributed by atoms with Crippen molar-refractivity contribution in [2.45, 2.75) is 5.54 Å². The number of carbonyl (C=O) groups excluding carboxylic acids is 1. The van der Waals surface area contributed by atoms with Crippen molar-refractivity contribution < 1.29 is 20.1 Å². The molecule has 6 heteroatoms. The van der Waals surface area contributed by atoms with Crippen molar-refractivity contribution in [2.75, 3.05) is 19.8 Å². The van der Waals surface area contributed by atoms with E-state index >= 15 is 0 Å². The molecule has 2 rings (SSSR count).